The van der Waals surface area contributed by atoms with E-state index in [9.17, 15) is 4.79 Å². The summed E-state index contributed by atoms with van der Waals surface area (Å²) in [6, 6.07) is 12.2. The lowest BCUT2D eigenvalue weighted by atomic mass is 10.1. The molecule has 0 aliphatic carbocycles. The van der Waals surface area contributed by atoms with Gasteiger partial charge in [0.1, 0.15) is 11.5 Å². The summed E-state index contributed by atoms with van der Waals surface area (Å²) >= 11 is 0. The van der Waals surface area contributed by atoms with Gasteiger partial charge in [-0.05, 0) is 44.9 Å². The van der Waals surface area contributed by atoms with Gasteiger partial charge in [-0.1, -0.05) is 0 Å². The summed E-state index contributed by atoms with van der Waals surface area (Å²) in [5, 5.41) is 4.45. The lowest BCUT2D eigenvalue weighted by Crippen LogP contribution is -2.29. The summed E-state index contributed by atoms with van der Waals surface area (Å²) in [6.07, 6.45) is 8.04. The molecule has 0 radical (unpaired) electrons. The van der Waals surface area contributed by atoms with Crippen LogP contribution in [-0.2, 0) is 4.79 Å². The quantitative estimate of drug-likeness (QED) is 0.286. The van der Waals surface area contributed by atoms with Crippen molar-refractivity contribution < 1.29 is 14.3 Å². The number of carbonyl (C=O) groups excluding carboxylic acids is 1. The highest BCUT2D eigenvalue weighted by molar-refractivity contribution is 5.83. The zero-order valence-electron chi connectivity index (χ0n) is 22.4. The van der Waals surface area contributed by atoms with Crippen LogP contribution in [0.2, 0.25) is 0 Å². The molecule has 1 aliphatic heterocycles. The lowest BCUT2D eigenvalue weighted by molar-refractivity contribution is -0.127. The van der Waals surface area contributed by atoms with Gasteiger partial charge in [-0.3, -0.25) is 14.5 Å². The molecule has 198 valence electrons. The molecule has 2 aromatic carbocycles. The number of hydrogen-bond donors (Lipinski definition) is 0. The fourth-order valence-electron chi connectivity index (χ4n) is 4.78. The fraction of sp³-hybridized carbons (Fsp3) is 0.379. The van der Waals surface area contributed by atoms with Gasteiger partial charge in [-0.15, -0.1) is 0 Å². The Morgan fingerprint density at radius 3 is 2.45 bits per heavy atom. The van der Waals surface area contributed by atoms with Crippen LogP contribution in [-0.4, -0.2) is 64.4 Å². The van der Waals surface area contributed by atoms with Crippen molar-refractivity contribution >= 4 is 28.3 Å². The third-order valence-electron chi connectivity index (χ3n) is 6.89. The number of benzene rings is 2. The van der Waals surface area contributed by atoms with E-state index in [1.807, 2.05) is 46.2 Å². The maximum Gasteiger partial charge on any atom is 0.222 e. The number of amides is 1. The third kappa shape index (κ3) is 5.41. The molecule has 0 N–H and O–H groups in total. The first-order valence-corrected chi connectivity index (χ1v) is 13.0. The Kier molecular flexibility index (Phi) is 7.44. The summed E-state index contributed by atoms with van der Waals surface area (Å²) in [4.78, 5) is 25.9. The number of fused-ring (bicyclic) bond motifs is 1. The minimum Gasteiger partial charge on any atom is -0.497 e. The number of rotatable bonds is 10. The molecule has 0 spiro atoms. The van der Waals surface area contributed by atoms with Gasteiger partial charge in [0.25, 0.3) is 0 Å². The second-order valence-corrected chi connectivity index (χ2v) is 9.79. The minimum absolute atomic E-state index is 0.244. The molecule has 2 aromatic heterocycles. The van der Waals surface area contributed by atoms with Crippen LogP contribution in [0.1, 0.15) is 39.2 Å². The van der Waals surface area contributed by atoms with Gasteiger partial charge in [0, 0.05) is 73.4 Å². The van der Waals surface area contributed by atoms with Gasteiger partial charge in [-0.2, -0.15) is 5.10 Å². The molecule has 4 aromatic rings. The Bertz CT molecular complexity index is 1410. The Balaban J connectivity index is 1.49. The Hall–Kier alpha value is -4.14. The van der Waals surface area contributed by atoms with E-state index in [4.69, 9.17) is 14.5 Å². The first-order valence-electron chi connectivity index (χ1n) is 13.0. The highest BCUT2D eigenvalue weighted by Crippen LogP contribution is 2.34. The summed E-state index contributed by atoms with van der Waals surface area (Å²) in [7, 11) is 3.30. The predicted octanol–water partition coefficient (Wildman–Crippen LogP) is 5.24. The molecular weight excluding hydrogens is 480 g/mol. The van der Waals surface area contributed by atoms with E-state index < -0.39 is 0 Å². The highest BCUT2D eigenvalue weighted by atomic mass is 16.5. The molecule has 38 heavy (non-hydrogen) atoms. The topological polar surface area (TPSA) is 85.6 Å². The largest absolute Gasteiger partial charge is 0.497 e. The van der Waals surface area contributed by atoms with E-state index in [0.29, 0.717) is 24.5 Å². The smallest absolute Gasteiger partial charge is 0.222 e. The first-order chi connectivity index (χ1) is 18.4. The fourth-order valence-corrected chi connectivity index (χ4v) is 4.78. The summed E-state index contributed by atoms with van der Waals surface area (Å²) < 4.78 is 13.0. The Morgan fingerprint density at radius 1 is 1.00 bits per heavy atom. The maximum atomic E-state index is 12.1. The SMILES string of the molecule is COc1cc(OC)cc(N(CCCN2CCCC2=O)c2ccc3ncc(-c4cnn(C(C)C)c4)nc3c2)c1. The summed E-state index contributed by atoms with van der Waals surface area (Å²) in [5.74, 6) is 1.67. The number of carbonyl (C=O) groups is 1. The van der Waals surface area contributed by atoms with Crippen LogP contribution < -0.4 is 14.4 Å². The predicted molar refractivity (Wildman–Crippen MR) is 148 cm³/mol. The summed E-state index contributed by atoms with van der Waals surface area (Å²) in [5.41, 5.74) is 5.25. The van der Waals surface area contributed by atoms with Gasteiger partial charge >= 0.3 is 0 Å². The average molecular weight is 515 g/mol. The molecule has 9 nitrogen and oxygen atoms in total. The second kappa shape index (κ2) is 11.1. The molecule has 1 saturated heterocycles. The van der Waals surface area contributed by atoms with E-state index in [1.165, 1.54) is 0 Å². The van der Waals surface area contributed by atoms with Crippen molar-refractivity contribution in [1.29, 1.82) is 0 Å². The standard InChI is InChI=1S/C29H34N6O3/c1-20(2)35-19-21(17-31-35)28-18-30-26-9-8-22(15-27(26)32-28)34(12-6-11-33-10-5-7-29(33)36)23-13-24(37-3)16-25(14-23)38-4/h8-9,13-20H,5-7,10-12H2,1-4H3. The average Bonchev–Trinajstić information content (AvgIpc) is 3.60. The van der Waals surface area contributed by atoms with Crippen LogP contribution in [0.25, 0.3) is 22.3 Å². The van der Waals surface area contributed by atoms with Gasteiger partial charge in [0.05, 0.1) is 43.3 Å². The number of nitrogens with zero attached hydrogens (tertiary/aromatic N) is 6. The molecule has 5 rings (SSSR count). The van der Waals surface area contributed by atoms with E-state index in [0.717, 1.165) is 59.6 Å². The first kappa shape index (κ1) is 25.5. The molecule has 1 aliphatic rings. The number of anilines is 2. The van der Waals surface area contributed by atoms with Crippen LogP contribution in [0.4, 0.5) is 11.4 Å². The molecule has 0 unspecified atom stereocenters. The molecular formula is C29H34N6O3. The van der Waals surface area contributed by atoms with Crippen LogP contribution >= 0.6 is 0 Å². The van der Waals surface area contributed by atoms with Crippen LogP contribution in [0.15, 0.2) is 55.0 Å². The number of ether oxygens (including phenoxy) is 2. The second-order valence-electron chi connectivity index (χ2n) is 9.79. The molecule has 0 bridgehead atoms. The van der Waals surface area contributed by atoms with E-state index in [1.54, 1.807) is 20.4 Å². The van der Waals surface area contributed by atoms with E-state index >= 15 is 0 Å². The molecule has 3 heterocycles. The normalized spacial score (nSPS) is 13.5. The van der Waals surface area contributed by atoms with Crippen molar-refractivity contribution in [2.75, 3.05) is 38.8 Å². The van der Waals surface area contributed by atoms with Crippen LogP contribution in [0, 0.1) is 0 Å². The zero-order chi connectivity index (χ0) is 26.6. The minimum atomic E-state index is 0.244. The monoisotopic (exact) mass is 514 g/mol. The lowest BCUT2D eigenvalue weighted by Gasteiger charge is -2.27. The van der Waals surface area contributed by atoms with Gasteiger partial charge < -0.3 is 19.3 Å². The number of hydrogen-bond acceptors (Lipinski definition) is 7. The van der Waals surface area contributed by atoms with Crippen molar-refractivity contribution in [3.63, 3.8) is 0 Å². The Labute approximate surface area is 223 Å². The molecule has 0 saturated carbocycles. The van der Waals surface area contributed by atoms with Crippen LogP contribution in [0.3, 0.4) is 0 Å². The Morgan fingerprint density at radius 2 is 1.79 bits per heavy atom. The van der Waals surface area contributed by atoms with Crippen LogP contribution in [0.5, 0.6) is 11.5 Å². The number of aromatic nitrogens is 4. The van der Waals surface area contributed by atoms with Crippen molar-refractivity contribution in [1.82, 2.24) is 24.6 Å². The highest BCUT2D eigenvalue weighted by Gasteiger charge is 2.20. The molecule has 9 heteroatoms. The number of likely N-dealkylation sites (tertiary alicyclic amines) is 1. The van der Waals surface area contributed by atoms with E-state index in [2.05, 4.69) is 41.0 Å². The van der Waals surface area contributed by atoms with Gasteiger partial charge in [0.2, 0.25) is 5.91 Å². The molecule has 1 fully saturated rings. The van der Waals surface area contributed by atoms with Gasteiger partial charge in [-0.25, -0.2) is 4.98 Å². The zero-order valence-corrected chi connectivity index (χ0v) is 22.4. The van der Waals surface area contributed by atoms with E-state index in [-0.39, 0.29) is 11.9 Å². The molecule has 1 amide bonds. The van der Waals surface area contributed by atoms with Crippen molar-refractivity contribution in [2.24, 2.45) is 0 Å². The van der Waals surface area contributed by atoms with Crippen molar-refractivity contribution in [3.05, 3.63) is 55.0 Å². The number of methoxy groups -OCH3 is 2. The van der Waals surface area contributed by atoms with Gasteiger partial charge in [0.15, 0.2) is 0 Å². The van der Waals surface area contributed by atoms with Crippen molar-refractivity contribution in [3.8, 4) is 22.8 Å². The van der Waals surface area contributed by atoms with Crippen molar-refractivity contribution in [2.45, 2.75) is 39.2 Å². The summed E-state index contributed by atoms with van der Waals surface area (Å²) in [6.45, 7) is 6.47. The molecule has 0 atom stereocenters. The maximum absolute atomic E-state index is 12.1. The third-order valence-corrected chi connectivity index (χ3v) is 6.89.